The van der Waals surface area contributed by atoms with Crippen LogP contribution in [0.1, 0.15) is 22.5 Å². The third-order valence-corrected chi connectivity index (χ3v) is 10.5. The number of ether oxygens (including phenoxy) is 2. The second kappa shape index (κ2) is 15.1. The number of methoxy groups -OCH3 is 2. The molecule has 8 rings (SSSR count). The molecule has 0 aliphatic rings. The van der Waals surface area contributed by atoms with Crippen LogP contribution in [0, 0.1) is 13.8 Å². The van der Waals surface area contributed by atoms with Crippen molar-refractivity contribution in [2.45, 2.75) is 35.7 Å². The highest BCUT2D eigenvalue weighted by Gasteiger charge is 2.15. The van der Waals surface area contributed by atoms with Crippen LogP contribution in [-0.4, -0.2) is 57.5 Å². The first-order chi connectivity index (χ1) is 24.9. The Bertz CT molecular complexity index is 2440. The van der Waals surface area contributed by atoms with E-state index in [9.17, 15) is 4.21 Å². The van der Waals surface area contributed by atoms with Crippen molar-refractivity contribution >= 4 is 44.6 Å². The first-order valence-corrected chi connectivity index (χ1v) is 18.4. The Hall–Kier alpha value is -5.66. The molecule has 13 heteroatoms. The monoisotopic (exact) mass is 716 g/mol. The maximum atomic E-state index is 12.8. The van der Waals surface area contributed by atoms with E-state index in [4.69, 9.17) is 9.47 Å². The molecule has 51 heavy (non-hydrogen) atoms. The van der Waals surface area contributed by atoms with E-state index in [1.165, 1.54) is 0 Å². The topological polar surface area (TPSA) is 129 Å². The summed E-state index contributed by atoms with van der Waals surface area (Å²) in [7, 11) is 1.97. The van der Waals surface area contributed by atoms with Gasteiger partial charge in [-0.1, -0.05) is 11.8 Å². The minimum atomic E-state index is -1.32. The van der Waals surface area contributed by atoms with Crippen molar-refractivity contribution in [2.24, 2.45) is 0 Å². The van der Waals surface area contributed by atoms with Crippen LogP contribution in [0.4, 0.5) is 0 Å². The molecule has 0 aliphatic heterocycles. The van der Waals surface area contributed by atoms with Gasteiger partial charge in [-0.2, -0.15) is 0 Å². The van der Waals surface area contributed by atoms with Crippen molar-refractivity contribution in [3.05, 3.63) is 132 Å². The summed E-state index contributed by atoms with van der Waals surface area (Å²) in [5.74, 6) is 2.64. The van der Waals surface area contributed by atoms with E-state index in [1.54, 1.807) is 44.4 Å². The summed E-state index contributed by atoms with van der Waals surface area (Å²) in [4.78, 5) is 24.5. The molecule has 11 nitrogen and oxygen atoms in total. The molecule has 6 aromatic heterocycles. The van der Waals surface area contributed by atoms with Gasteiger partial charge in [0.2, 0.25) is 0 Å². The summed E-state index contributed by atoms with van der Waals surface area (Å²) in [6.07, 6.45) is 11.5. The number of rotatable bonds is 10. The number of aromatic nitrogens is 8. The van der Waals surface area contributed by atoms with E-state index in [0.717, 1.165) is 78.4 Å². The number of imidazole rings is 2. The Labute approximate surface area is 301 Å². The van der Waals surface area contributed by atoms with E-state index in [2.05, 4.69) is 46.6 Å². The number of thioether (sulfide) groups is 1. The van der Waals surface area contributed by atoms with Gasteiger partial charge in [-0.15, -0.1) is 0 Å². The molecule has 258 valence electrons. The maximum Gasteiger partial charge on any atom is 0.197 e. The molecule has 6 heterocycles. The number of H-pyrrole nitrogens is 2. The van der Waals surface area contributed by atoms with Crippen LogP contribution in [-0.2, 0) is 22.3 Å². The standard InChI is InChI=1S/C19H18N4O2S.C19H18N4OS/c1-13-17(20-8-7-18(13)25-2)12-26(24)19-21-15-6-5-14(11-16(15)22-19)23-9-3-4-10-23;1-13-17(20-8-7-18(13)24-2)12-25-19-21-15-6-5-14(11-16(15)22-19)23-9-3-4-10-23/h3-11H,12H2,1-2H3,(H,21,22);3-11H,12H2,1-2H3,(H,21,22)/t26-;/m1./s1. The predicted molar refractivity (Wildman–Crippen MR) is 202 cm³/mol. The van der Waals surface area contributed by atoms with E-state index in [-0.39, 0.29) is 5.75 Å². The third kappa shape index (κ3) is 7.44. The molecule has 2 aromatic carbocycles. The summed E-state index contributed by atoms with van der Waals surface area (Å²) in [6, 6.07) is 23.8. The summed E-state index contributed by atoms with van der Waals surface area (Å²) in [5.41, 5.74) is 9.51. The highest BCUT2D eigenvalue weighted by atomic mass is 32.2. The average molecular weight is 717 g/mol. The van der Waals surface area contributed by atoms with Crippen LogP contribution < -0.4 is 9.47 Å². The summed E-state index contributed by atoms with van der Waals surface area (Å²) >= 11 is 1.64. The molecule has 0 unspecified atom stereocenters. The van der Waals surface area contributed by atoms with Gasteiger partial charge in [0.05, 0.1) is 64.2 Å². The highest BCUT2D eigenvalue weighted by Crippen LogP contribution is 2.28. The lowest BCUT2D eigenvalue weighted by Gasteiger charge is -2.08. The molecule has 0 saturated heterocycles. The zero-order valence-electron chi connectivity index (χ0n) is 28.5. The van der Waals surface area contributed by atoms with E-state index in [1.807, 2.05) is 97.8 Å². The van der Waals surface area contributed by atoms with Gasteiger partial charge < -0.3 is 28.6 Å². The lowest BCUT2D eigenvalue weighted by Crippen LogP contribution is -2.03. The molecule has 2 N–H and O–H groups in total. The van der Waals surface area contributed by atoms with Gasteiger partial charge >= 0.3 is 0 Å². The zero-order valence-corrected chi connectivity index (χ0v) is 30.2. The first kappa shape index (κ1) is 33.8. The maximum absolute atomic E-state index is 12.8. The molecule has 0 radical (unpaired) electrons. The van der Waals surface area contributed by atoms with Crippen LogP contribution in [0.3, 0.4) is 0 Å². The Kier molecular flexibility index (Phi) is 9.99. The van der Waals surface area contributed by atoms with E-state index >= 15 is 0 Å². The SMILES string of the molecule is COc1ccnc(CSc2nc3ccc(-n4cccc4)cc3[nH]2)c1C.COc1ccnc(C[S@@](=O)c2nc3ccc(-n4cccc4)cc3[nH]2)c1C. The van der Waals surface area contributed by atoms with Gasteiger partial charge in [-0.05, 0) is 86.6 Å². The minimum Gasteiger partial charge on any atom is -0.496 e. The normalized spacial score (nSPS) is 11.8. The van der Waals surface area contributed by atoms with Gasteiger partial charge in [-0.3, -0.25) is 14.2 Å². The van der Waals surface area contributed by atoms with Crippen LogP contribution in [0.5, 0.6) is 11.5 Å². The predicted octanol–water partition coefficient (Wildman–Crippen LogP) is 7.73. The number of nitrogens with zero attached hydrogens (tertiary/aromatic N) is 6. The Morgan fingerprint density at radius 2 is 1.24 bits per heavy atom. The molecule has 0 bridgehead atoms. The fraction of sp³-hybridized carbons (Fsp3) is 0.158. The van der Waals surface area contributed by atoms with E-state index in [0.29, 0.717) is 5.16 Å². The number of pyridine rings is 2. The first-order valence-electron chi connectivity index (χ1n) is 16.1. The van der Waals surface area contributed by atoms with Crippen molar-refractivity contribution < 1.29 is 13.7 Å². The largest absolute Gasteiger partial charge is 0.496 e. The summed E-state index contributed by atoms with van der Waals surface area (Å²) in [6.45, 7) is 3.95. The molecule has 0 fully saturated rings. The van der Waals surface area contributed by atoms with Crippen LogP contribution >= 0.6 is 11.8 Å². The third-order valence-electron chi connectivity index (χ3n) is 8.48. The smallest absolute Gasteiger partial charge is 0.197 e. The van der Waals surface area contributed by atoms with Gasteiger partial charge in [-0.25, -0.2) is 9.97 Å². The molecule has 1 atom stereocenters. The van der Waals surface area contributed by atoms with Crippen molar-refractivity contribution in [3.8, 4) is 22.9 Å². The fourth-order valence-corrected chi connectivity index (χ4v) is 7.65. The lowest BCUT2D eigenvalue weighted by atomic mass is 10.2. The number of hydrogen-bond acceptors (Lipinski definition) is 8. The van der Waals surface area contributed by atoms with Crippen LogP contribution in [0.15, 0.2) is 120 Å². The fourth-order valence-electron chi connectivity index (χ4n) is 5.64. The molecular weight excluding hydrogens is 681 g/mol. The summed E-state index contributed by atoms with van der Waals surface area (Å²) in [5, 5.41) is 1.34. The number of hydrogen-bond donors (Lipinski definition) is 2. The van der Waals surface area contributed by atoms with Crippen molar-refractivity contribution in [3.63, 3.8) is 0 Å². The van der Waals surface area contributed by atoms with Crippen molar-refractivity contribution in [1.82, 2.24) is 39.0 Å². The lowest BCUT2D eigenvalue weighted by molar-refractivity contribution is 0.410. The van der Waals surface area contributed by atoms with Gasteiger partial charge in [0.25, 0.3) is 0 Å². The minimum absolute atomic E-state index is 0.285. The Morgan fingerprint density at radius 3 is 1.82 bits per heavy atom. The number of nitrogens with one attached hydrogen (secondary N) is 2. The van der Waals surface area contributed by atoms with Crippen molar-refractivity contribution in [1.29, 1.82) is 0 Å². The van der Waals surface area contributed by atoms with Crippen molar-refractivity contribution in [2.75, 3.05) is 14.2 Å². The molecule has 8 aromatic rings. The molecule has 0 saturated carbocycles. The second-order valence-corrected chi connectivity index (χ2v) is 13.9. The average Bonchev–Trinajstić information content (AvgIpc) is 3.99. The van der Waals surface area contributed by atoms with Gasteiger partial charge in [0.1, 0.15) is 11.5 Å². The quantitative estimate of drug-likeness (QED) is 0.138. The Balaban J connectivity index is 0.000000159. The highest BCUT2D eigenvalue weighted by molar-refractivity contribution is 7.98. The number of aromatic amines is 2. The Morgan fingerprint density at radius 1 is 0.706 bits per heavy atom. The van der Waals surface area contributed by atoms with Gasteiger partial charge in [0, 0.05) is 65.4 Å². The zero-order chi connectivity index (χ0) is 35.3. The molecule has 0 amide bonds. The summed E-state index contributed by atoms with van der Waals surface area (Å²) < 4.78 is 27.5. The second-order valence-electron chi connectivity index (χ2n) is 11.6. The van der Waals surface area contributed by atoms with E-state index < -0.39 is 10.8 Å². The van der Waals surface area contributed by atoms with Crippen LogP contribution in [0.2, 0.25) is 0 Å². The molecule has 0 spiro atoms. The molecule has 0 aliphatic carbocycles. The number of fused-ring (bicyclic) bond motifs is 2. The van der Waals surface area contributed by atoms with Gasteiger partial charge in [0.15, 0.2) is 10.3 Å². The van der Waals surface area contributed by atoms with Crippen LogP contribution in [0.25, 0.3) is 33.4 Å². The number of benzene rings is 2. The molecular formula is C38H36N8O3S2.